The van der Waals surface area contributed by atoms with E-state index in [1.54, 1.807) is 12.1 Å². The Morgan fingerprint density at radius 1 is 1.21 bits per heavy atom. The lowest BCUT2D eigenvalue weighted by Crippen LogP contribution is -2.41. The summed E-state index contributed by atoms with van der Waals surface area (Å²) in [5.41, 5.74) is 3.49. The van der Waals surface area contributed by atoms with Crippen molar-refractivity contribution in [3.63, 3.8) is 0 Å². The average molecular weight is 477 g/mol. The summed E-state index contributed by atoms with van der Waals surface area (Å²) in [5, 5.41) is 17.3. The number of hydrogen-bond donors (Lipinski definition) is 2. The van der Waals surface area contributed by atoms with Crippen LogP contribution in [0, 0.1) is 16.2 Å². The number of hydrogen-bond acceptors (Lipinski definition) is 5. The van der Waals surface area contributed by atoms with Gasteiger partial charge in [-0.1, -0.05) is 50.6 Å². The van der Waals surface area contributed by atoms with Gasteiger partial charge in [-0.3, -0.25) is 20.2 Å². The van der Waals surface area contributed by atoms with E-state index in [9.17, 15) is 4.79 Å². The highest BCUT2D eigenvalue weighted by atomic mass is 35.5. The van der Waals surface area contributed by atoms with Gasteiger partial charge in [0.25, 0.3) is 0 Å². The van der Waals surface area contributed by atoms with Crippen LogP contribution >= 0.6 is 11.6 Å². The molecule has 0 bridgehead atoms. The van der Waals surface area contributed by atoms with Crippen molar-refractivity contribution in [3.8, 4) is 0 Å². The third-order valence-corrected chi connectivity index (χ3v) is 6.32. The smallest absolute Gasteiger partial charge is 0.229 e. The van der Waals surface area contributed by atoms with Gasteiger partial charge in [0, 0.05) is 41.6 Å². The van der Waals surface area contributed by atoms with Crippen LogP contribution in [0.2, 0.25) is 5.02 Å². The molecule has 1 amide bonds. The first kappa shape index (κ1) is 23.7. The van der Waals surface area contributed by atoms with E-state index in [1.165, 1.54) is 10.1 Å². The number of fused-ring (bicyclic) bond motifs is 1. The van der Waals surface area contributed by atoms with Crippen molar-refractivity contribution in [2.75, 3.05) is 25.0 Å². The molecule has 1 aromatic heterocycles. The fraction of sp³-hybridized carbons (Fsp3) is 0.308. The molecule has 34 heavy (non-hydrogen) atoms. The fourth-order valence-electron chi connectivity index (χ4n) is 4.23. The number of aromatic nitrogens is 2. The molecule has 4 rings (SSSR count). The Morgan fingerprint density at radius 2 is 1.97 bits per heavy atom. The largest absolute Gasteiger partial charge is 0.338 e. The molecule has 176 valence electrons. The quantitative estimate of drug-likeness (QED) is 0.407. The molecule has 3 aromatic rings. The molecule has 2 N–H and O–H groups in total. The molecule has 2 aromatic carbocycles. The van der Waals surface area contributed by atoms with Crippen LogP contribution in [0.25, 0.3) is 16.5 Å². The van der Waals surface area contributed by atoms with Crippen molar-refractivity contribution in [1.82, 2.24) is 14.5 Å². The molecule has 0 saturated heterocycles. The van der Waals surface area contributed by atoms with Gasteiger partial charge in [0.2, 0.25) is 11.5 Å². The molecule has 0 atom stereocenters. The Hall–Kier alpha value is -3.45. The van der Waals surface area contributed by atoms with Crippen molar-refractivity contribution in [2.24, 2.45) is 5.41 Å². The second kappa shape index (κ2) is 9.06. The van der Waals surface area contributed by atoms with Gasteiger partial charge in [0.15, 0.2) is 0 Å². The lowest BCUT2D eigenvalue weighted by molar-refractivity contribution is -0.139. The van der Waals surface area contributed by atoms with Gasteiger partial charge >= 0.3 is 0 Å². The van der Waals surface area contributed by atoms with Crippen LogP contribution in [0.5, 0.6) is 0 Å². The molecule has 0 radical (unpaired) electrons. The number of benzene rings is 2. The molecule has 0 fully saturated rings. The molecular formula is C26H29ClN6O. The normalized spacial score (nSPS) is 14.1. The number of rotatable bonds is 4. The topological polar surface area (TPSA) is 89.1 Å². The lowest BCUT2D eigenvalue weighted by Gasteiger charge is -2.32. The third-order valence-electron chi connectivity index (χ3n) is 6.09. The zero-order valence-electron chi connectivity index (χ0n) is 19.9. The zero-order chi connectivity index (χ0) is 24.6. The van der Waals surface area contributed by atoms with E-state index in [4.69, 9.17) is 22.4 Å². The summed E-state index contributed by atoms with van der Waals surface area (Å²) < 4.78 is 1.40. The van der Waals surface area contributed by atoms with Gasteiger partial charge in [0.05, 0.1) is 11.9 Å². The highest BCUT2D eigenvalue weighted by Crippen LogP contribution is 2.32. The molecule has 0 saturated carbocycles. The zero-order valence-corrected chi connectivity index (χ0v) is 20.6. The molecule has 0 aliphatic carbocycles. The summed E-state index contributed by atoms with van der Waals surface area (Å²) in [7, 11) is 1.92. The number of nitrogens with one attached hydrogen (secondary N) is 2. The second-order valence-electron chi connectivity index (χ2n) is 9.51. The molecule has 1 aliphatic heterocycles. The Balaban J connectivity index is 1.68. The minimum absolute atomic E-state index is 0.0404. The SMILES string of the molecule is CN(c1cccc(C2=CCN(C(=O)C(C)(C)C)CC2)c1)c1nc(=N)n(C=N)c2cc(Cl)ccc12. The van der Waals surface area contributed by atoms with Crippen molar-refractivity contribution >= 4 is 51.8 Å². The van der Waals surface area contributed by atoms with E-state index in [0.717, 1.165) is 29.4 Å². The molecular weight excluding hydrogens is 448 g/mol. The number of carbonyl (C=O) groups excluding carboxylic acids is 1. The van der Waals surface area contributed by atoms with Crippen molar-refractivity contribution in [3.05, 3.63) is 64.7 Å². The van der Waals surface area contributed by atoms with E-state index < -0.39 is 0 Å². The average Bonchev–Trinajstić information content (AvgIpc) is 2.82. The molecule has 7 nitrogen and oxygen atoms in total. The van der Waals surface area contributed by atoms with E-state index in [2.05, 4.69) is 23.2 Å². The highest BCUT2D eigenvalue weighted by molar-refractivity contribution is 6.31. The number of nitrogens with zero attached hydrogens (tertiary/aromatic N) is 4. The highest BCUT2D eigenvalue weighted by Gasteiger charge is 2.28. The summed E-state index contributed by atoms with van der Waals surface area (Å²) >= 11 is 6.20. The van der Waals surface area contributed by atoms with E-state index >= 15 is 0 Å². The molecule has 0 spiro atoms. The Labute approximate surface area is 204 Å². The van der Waals surface area contributed by atoms with Gasteiger partial charge in [-0.25, -0.2) is 0 Å². The Morgan fingerprint density at radius 3 is 2.62 bits per heavy atom. The van der Waals surface area contributed by atoms with Crippen molar-refractivity contribution in [1.29, 1.82) is 10.8 Å². The van der Waals surface area contributed by atoms with Gasteiger partial charge in [-0.05, 0) is 47.9 Å². The first-order valence-corrected chi connectivity index (χ1v) is 11.6. The predicted molar refractivity (Wildman–Crippen MR) is 138 cm³/mol. The van der Waals surface area contributed by atoms with E-state index in [1.807, 2.05) is 55.8 Å². The van der Waals surface area contributed by atoms with E-state index in [0.29, 0.717) is 29.4 Å². The van der Waals surface area contributed by atoms with Crippen LogP contribution in [0.4, 0.5) is 11.5 Å². The predicted octanol–water partition coefficient (Wildman–Crippen LogP) is 5.05. The maximum atomic E-state index is 12.6. The van der Waals surface area contributed by atoms with Crippen LogP contribution in [-0.4, -0.2) is 46.8 Å². The monoisotopic (exact) mass is 476 g/mol. The molecule has 2 heterocycles. The summed E-state index contributed by atoms with van der Waals surface area (Å²) in [6.45, 7) is 7.18. The lowest BCUT2D eigenvalue weighted by atomic mass is 9.92. The van der Waals surface area contributed by atoms with Crippen molar-refractivity contribution < 1.29 is 4.79 Å². The molecule has 8 heteroatoms. The van der Waals surface area contributed by atoms with Gasteiger partial charge in [-0.2, -0.15) is 4.98 Å². The van der Waals surface area contributed by atoms with E-state index in [-0.39, 0.29) is 16.9 Å². The maximum absolute atomic E-state index is 12.6. The van der Waals surface area contributed by atoms with Gasteiger partial charge < -0.3 is 9.80 Å². The van der Waals surface area contributed by atoms with Gasteiger partial charge in [-0.15, -0.1) is 0 Å². The first-order chi connectivity index (χ1) is 16.1. The summed E-state index contributed by atoms with van der Waals surface area (Å²) in [6, 6.07) is 13.6. The molecule has 1 aliphatic rings. The minimum Gasteiger partial charge on any atom is -0.338 e. The van der Waals surface area contributed by atoms with Gasteiger partial charge in [0.1, 0.15) is 5.82 Å². The first-order valence-electron chi connectivity index (χ1n) is 11.2. The number of anilines is 2. The Kier molecular flexibility index (Phi) is 6.32. The van der Waals surface area contributed by atoms with Crippen molar-refractivity contribution in [2.45, 2.75) is 27.2 Å². The fourth-order valence-corrected chi connectivity index (χ4v) is 4.40. The molecule has 0 unspecified atom stereocenters. The summed E-state index contributed by atoms with van der Waals surface area (Å²) in [6.07, 6.45) is 4.01. The maximum Gasteiger partial charge on any atom is 0.229 e. The summed E-state index contributed by atoms with van der Waals surface area (Å²) in [4.78, 5) is 20.9. The second-order valence-corrected chi connectivity index (χ2v) is 9.95. The summed E-state index contributed by atoms with van der Waals surface area (Å²) in [5.74, 6) is 0.790. The van der Waals surface area contributed by atoms with Crippen LogP contribution in [0.15, 0.2) is 48.5 Å². The number of carbonyl (C=O) groups is 1. The minimum atomic E-state index is -0.379. The van der Waals surface area contributed by atoms with Crippen LogP contribution in [0.3, 0.4) is 0 Å². The standard InChI is InChI=1S/C26H29ClN6O/c1-26(2,3)24(34)32-12-10-17(11-13-32)18-6-5-7-20(14-18)31(4)23-21-9-8-19(27)15-22(21)33(16-28)25(29)30-23/h5-10,14-16,28-29H,11-13H2,1-4H3. The number of halogens is 1. The number of amides is 1. The van der Waals surface area contributed by atoms with Crippen LogP contribution in [0.1, 0.15) is 32.8 Å². The Bertz CT molecular complexity index is 1370. The van der Waals surface area contributed by atoms with Crippen LogP contribution < -0.4 is 10.5 Å². The van der Waals surface area contributed by atoms with Crippen LogP contribution in [-0.2, 0) is 4.79 Å². The third kappa shape index (κ3) is 4.48.